The van der Waals surface area contributed by atoms with Gasteiger partial charge in [0.1, 0.15) is 6.10 Å². The standard InChI is InChI=1S/C15H21NO2/c1-3-7-14(17)16-10-11-18-15(12(16)2)13-8-5-4-6-9-13/h4-6,8-9,12,15H,3,7,10-11H2,1-2H3. The third-order valence-corrected chi connectivity index (χ3v) is 3.47. The number of carbonyl (C=O) groups excluding carboxylic acids is 1. The van der Waals surface area contributed by atoms with Gasteiger partial charge >= 0.3 is 0 Å². The fourth-order valence-electron chi connectivity index (χ4n) is 2.51. The molecule has 1 aliphatic heterocycles. The molecule has 0 spiro atoms. The predicted octanol–water partition coefficient (Wildman–Crippen LogP) is 2.78. The van der Waals surface area contributed by atoms with Crippen LogP contribution in [-0.2, 0) is 9.53 Å². The van der Waals surface area contributed by atoms with E-state index in [0.29, 0.717) is 19.6 Å². The molecule has 0 N–H and O–H groups in total. The van der Waals surface area contributed by atoms with Gasteiger partial charge in [-0.25, -0.2) is 0 Å². The molecule has 0 aromatic heterocycles. The van der Waals surface area contributed by atoms with E-state index < -0.39 is 0 Å². The van der Waals surface area contributed by atoms with Crippen LogP contribution in [0.3, 0.4) is 0 Å². The van der Waals surface area contributed by atoms with Crippen molar-refractivity contribution in [1.82, 2.24) is 4.90 Å². The topological polar surface area (TPSA) is 29.5 Å². The average Bonchev–Trinajstić information content (AvgIpc) is 2.40. The van der Waals surface area contributed by atoms with Crippen molar-refractivity contribution in [2.75, 3.05) is 13.2 Å². The predicted molar refractivity (Wildman–Crippen MR) is 71.2 cm³/mol. The smallest absolute Gasteiger partial charge is 0.222 e. The molecule has 2 rings (SSSR count). The summed E-state index contributed by atoms with van der Waals surface area (Å²) in [7, 11) is 0. The van der Waals surface area contributed by atoms with Crippen LogP contribution >= 0.6 is 0 Å². The van der Waals surface area contributed by atoms with Crippen LogP contribution in [0.25, 0.3) is 0 Å². The highest BCUT2D eigenvalue weighted by Crippen LogP contribution is 2.28. The van der Waals surface area contributed by atoms with Crippen molar-refractivity contribution in [1.29, 1.82) is 0 Å². The van der Waals surface area contributed by atoms with Gasteiger partial charge in [0.2, 0.25) is 5.91 Å². The highest BCUT2D eigenvalue weighted by molar-refractivity contribution is 5.76. The zero-order chi connectivity index (χ0) is 13.0. The van der Waals surface area contributed by atoms with Gasteiger partial charge in [-0.05, 0) is 18.9 Å². The number of hydrogen-bond acceptors (Lipinski definition) is 2. The summed E-state index contributed by atoms with van der Waals surface area (Å²) in [4.78, 5) is 14.0. The molecule has 2 unspecified atom stereocenters. The SMILES string of the molecule is CCCC(=O)N1CCOC(c2ccccc2)C1C. The number of benzene rings is 1. The second kappa shape index (κ2) is 6.01. The van der Waals surface area contributed by atoms with Crippen LogP contribution in [0.1, 0.15) is 38.4 Å². The summed E-state index contributed by atoms with van der Waals surface area (Å²) in [5.41, 5.74) is 1.15. The number of carbonyl (C=O) groups is 1. The first-order valence-electron chi connectivity index (χ1n) is 6.70. The van der Waals surface area contributed by atoms with E-state index in [1.54, 1.807) is 0 Å². The van der Waals surface area contributed by atoms with Crippen molar-refractivity contribution < 1.29 is 9.53 Å². The van der Waals surface area contributed by atoms with Gasteiger partial charge < -0.3 is 9.64 Å². The number of hydrogen-bond donors (Lipinski definition) is 0. The molecule has 18 heavy (non-hydrogen) atoms. The molecule has 0 radical (unpaired) electrons. The molecule has 0 aliphatic carbocycles. The Labute approximate surface area is 109 Å². The van der Waals surface area contributed by atoms with Crippen LogP contribution in [0.2, 0.25) is 0 Å². The van der Waals surface area contributed by atoms with E-state index in [-0.39, 0.29) is 18.1 Å². The molecule has 1 aromatic rings. The minimum Gasteiger partial charge on any atom is -0.370 e. The molecule has 1 heterocycles. The number of nitrogens with zero attached hydrogens (tertiary/aromatic N) is 1. The first-order chi connectivity index (χ1) is 8.74. The summed E-state index contributed by atoms with van der Waals surface area (Å²) >= 11 is 0. The first kappa shape index (κ1) is 13.1. The quantitative estimate of drug-likeness (QED) is 0.822. The molecular formula is C15H21NO2. The summed E-state index contributed by atoms with van der Waals surface area (Å²) in [5, 5.41) is 0. The molecule has 1 amide bonds. The minimum atomic E-state index is 0.000700. The zero-order valence-electron chi connectivity index (χ0n) is 11.1. The van der Waals surface area contributed by atoms with Crippen LogP contribution in [0.4, 0.5) is 0 Å². The van der Waals surface area contributed by atoms with Crippen molar-refractivity contribution in [3.8, 4) is 0 Å². The summed E-state index contributed by atoms with van der Waals surface area (Å²) in [5.74, 6) is 0.245. The maximum absolute atomic E-state index is 12.1. The van der Waals surface area contributed by atoms with Gasteiger partial charge in [0.05, 0.1) is 12.6 Å². The Morgan fingerprint density at radius 3 is 2.78 bits per heavy atom. The molecule has 0 saturated carbocycles. The number of ether oxygens (including phenoxy) is 1. The van der Waals surface area contributed by atoms with Gasteiger partial charge in [-0.15, -0.1) is 0 Å². The Morgan fingerprint density at radius 1 is 1.39 bits per heavy atom. The third kappa shape index (κ3) is 2.72. The monoisotopic (exact) mass is 247 g/mol. The maximum atomic E-state index is 12.1. The Kier molecular flexibility index (Phi) is 4.37. The summed E-state index contributed by atoms with van der Waals surface area (Å²) in [6, 6.07) is 10.3. The lowest BCUT2D eigenvalue weighted by Crippen LogP contribution is -2.48. The summed E-state index contributed by atoms with van der Waals surface area (Å²) in [6.07, 6.45) is 1.53. The highest BCUT2D eigenvalue weighted by Gasteiger charge is 2.32. The molecule has 98 valence electrons. The van der Waals surface area contributed by atoms with Gasteiger partial charge in [0, 0.05) is 13.0 Å². The van der Waals surface area contributed by atoms with Crippen LogP contribution in [0, 0.1) is 0 Å². The molecule has 3 nitrogen and oxygen atoms in total. The van der Waals surface area contributed by atoms with E-state index in [9.17, 15) is 4.79 Å². The van der Waals surface area contributed by atoms with E-state index in [0.717, 1.165) is 12.0 Å². The highest BCUT2D eigenvalue weighted by atomic mass is 16.5. The summed E-state index contributed by atoms with van der Waals surface area (Å²) < 4.78 is 5.84. The Bertz CT molecular complexity index is 391. The van der Waals surface area contributed by atoms with E-state index >= 15 is 0 Å². The first-order valence-corrected chi connectivity index (χ1v) is 6.70. The van der Waals surface area contributed by atoms with Crippen molar-refractivity contribution in [2.45, 2.75) is 38.8 Å². The molecule has 1 aromatic carbocycles. The normalized spacial score (nSPS) is 24.0. The van der Waals surface area contributed by atoms with Crippen LogP contribution in [0.5, 0.6) is 0 Å². The van der Waals surface area contributed by atoms with Gasteiger partial charge in [-0.2, -0.15) is 0 Å². The molecular weight excluding hydrogens is 226 g/mol. The van der Waals surface area contributed by atoms with Gasteiger partial charge in [-0.3, -0.25) is 4.79 Å². The van der Waals surface area contributed by atoms with Crippen molar-refractivity contribution >= 4 is 5.91 Å². The number of morpholine rings is 1. The van der Waals surface area contributed by atoms with Crippen LogP contribution in [-0.4, -0.2) is 30.0 Å². The lowest BCUT2D eigenvalue weighted by Gasteiger charge is -2.39. The van der Waals surface area contributed by atoms with Gasteiger partial charge in [0.15, 0.2) is 0 Å². The number of amides is 1. The molecule has 3 heteroatoms. The largest absolute Gasteiger partial charge is 0.370 e. The van der Waals surface area contributed by atoms with Crippen LogP contribution in [0.15, 0.2) is 30.3 Å². The second-order valence-corrected chi connectivity index (χ2v) is 4.78. The van der Waals surface area contributed by atoms with E-state index in [1.807, 2.05) is 30.0 Å². The maximum Gasteiger partial charge on any atom is 0.222 e. The minimum absolute atomic E-state index is 0.000700. The average molecular weight is 247 g/mol. The Hall–Kier alpha value is -1.35. The fraction of sp³-hybridized carbons (Fsp3) is 0.533. The van der Waals surface area contributed by atoms with E-state index in [1.165, 1.54) is 0 Å². The molecule has 1 saturated heterocycles. The van der Waals surface area contributed by atoms with Gasteiger partial charge in [-0.1, -0.05) is 37.3 Å². The van der Waals surface area contributed by atoms with E-state index in [4.69, 9.17) is 4.74 Å². The van der Waals surface area contributed by atoms with Crippen molar-refractivity contribution in [3.63, 3.8) is 0 Å². The van der Waals surface area contributed by atoms with Crippen LogP contribution < -0.4 is 0 Å². The molecule has 2 atom stereocenters. The lowest BCUT2D eigenvalue weighted by atomic mass is 10.00. The Morgan fingerprint density at radius 2 is 2.11 bits per heavy atom. The second-order valence-electron chi connectivity index (χ2n) is 4.78. The molecule has 1 fully saturated rings. The fourth-order valence-corrected chi connectivity index (χ4v) is 2.51. The van der Waals surface area contributed by atoms with Gasteiger partial charge in [0.25, 0.3) is 0 Å². The van der Waals surface area contributed by atoms with Crippen molar-refractivity contribution in [3.05, 3.63) is 35.9 Å². The molecule has 1 aliphatic rings. The Balaban J connectivity index is 2.12. The summed E-state index contributed by atoms with van der Waals surface area (Å²) in [6.45, 7) is 5.45. The molecule has 0 bridgehead atoms. The van der Waals surface area contributed by atoms with E-state index in [2.05, 4.69) is 19.1 Å². The van der Waals surface area contributed by atoms with Crippen molar-refractivity contribution in [2.24, 2.45) is 0 Å². The third-order valence-electron chi connectivity index (χ3n) is 3.47. The number of rotatable bonds is 3. The zero-order valence-corrected chi connectivity index (χ0v) is 11.1. The lowest BCUT2D eigenvalue weighted by molar-refractivity contribution is -0.145.